The minimum atomic E-state index is -1.26. The molecular formula is C35H34N2O5. The quantitative estimate of drug-likeness (QED) is 0.156. The van der Waals surface area contributed by atoms with Crippen LogP contribution >= 0.6 is 0 Å². The highest BCUT2D eigenvalue weighted by molar-refractivity contribution is 5.96. The Morgan fingerprint density at radius 1 is 0.833 bits per heavy atom. The topological polar surface area (TPSA) is 89.8 Å². The normalized spacial score (nSPS) is 17.5. The SMILES string of the molecule is CC(C)[C@@H]1N(C(=O)[C@H](Cc2ccccc2)[C@@H](C[N+](=O)[O-])c2ccccc2)C(=O)OC1(c1ccccc1)c1ccccc1. The van der Waals surface area contributed by atoms with Crippen LogP contribution in [-0.2, 0) is 21.6 Å². The summed E-state index contributed by atoms with van der Waals surface area (Å²) in [4.78, 5) is 41.6. The molecule has 4 aromatic rings. The maximum Gasteiger partial charge on any atom is 0.418 e. The molecule has 1 aliphatic rings. The van der Waals surface area contributed by atoms with Crippen molar-refractivity contribution < 1.29 is 19.2 Å². The fourth-order valence-electron chi connectivity index (χ4n) is 6.31. The molecule has 1 fully saturated rings. The molecule has 7 heteroatoms. The molecule has 0 aliphatic carbocycles. The van der Waals surface area contributed by atoms with Crippen LogP contribution in [0.1, 0.15) is 42.0 Å². The summed E-state index contributed by atoms with van der Waals surface area (Å²) in [6.07, 6.45) is -0.525. The van der Waals surface area contributed by atoms with Gasteiger partial charge in [-0.2, -0.15) is 0 Å². The van der Waals surface area contributed by atoms with Crippen LogP contribution in [-0.4, -0.2) is 34.4 Å². The highest BCUT2D eigenvalue weighted by atomic mass is 16.6. The van der Waals surface area contributed by atoms with Gasteiger partial charge < -0.3 is 4.74 Å². The van der Waals surface area contributed by atoms with E-state index in [2.05, 4.69) is 0 Å². The van der Waals surface area contributed by atoms with Gasteiger partial charge in [-0.1, -0.05) is 135 Å². The van der Waals surface area contributed by atoms with Crippen molar-refractivity contribution in [1.82, 2.24) is 4.90 Å². The number of cyclic esters (lactones) is 1. The fourth-order valence-corrected chi connectivity index (χ4v) is 6.31. The molecule has 1 heterocycles. The lowest BCUT2D eigenvalue weighted by atomic mass is 9.74. The number of benzene rings is 4. The third-order valence-electron chi connectivity index (χ3n) is 8.09. The lowest BCUT2D eigenvalue weighted by Gasteiger charge is -2.38. The smallest absolute Gasteiger partial charge is 0.418 e. The lowest BCUT2D eigenvalue weighted by molar-refractivity contribution is -0.484. The molecule has 0 unspecified atom stereocenters. The molecule has 214 valence electrons. The van der Waals surface area contributed by atoms with Gasteiger partial charge in [-0.25, -0.2) is 9.69 Å². The lowest BCUT2D eigenvalue weighted by Crippen LogP contribution is -2.52. The number of rotatable bonds is 10. The predicted octanol–water partition coefficient (Wildman–Crippen LogP) is 6.85. The van der Waals surface area contributed by atoms with Crippen LogP contribution in [0, 0.1) is 22.0 Å². The van der Waals surface area contributed by atoms with Crippen molar-refractivity contribution in [3.63, 3.8) is 0 Å². The Bertz CT molecular complexity index is 1470. The van der Waals surface area contributed by atoms with E-state index in [1.165, 1.54) is 4.90 Å². The van der Waals surface area contributed by atoms with Crippen LogP contribution in [0.15, 0.2) is 121 Å². The standard InChI is InChI=1S/C35H34N2O5/c1-25(2)32-35(28-19-11-5-12-20-28,29-21-13-6-14-22-29)42-34(39)37(32)33(38)30(23-26-15-7-3-8-16-26)31(24-36(40)41)27-17-9-4-10-18-27/h3-22,25,30-32H,23-24H2,1-2H3/t30-,31+,32+/m1/s1. The highest BCUT2D eigenvalue weighted by Gasteiger charge is 2.60. The van der Waals surface area contributed by atoms with E-state index in [0.717, 1.165) is 16.7 Å². The Morgan fingerprint density at radius 3 is 1.79 bits per heavy atom. The van der Waals surface area contributed by atoms with Gasteiger partial charge in [0.2, 0.25) is 12.5 Å². The predicted molar refractivity (Wildman–Crippen MR) is 160 cm³/mol. The van der Waals surface area contributed by atoms with Gasteiger partial charge in [0.05, 0.1) is 17.9 Å². The van der Waals surface area contributed by atoms with Crippen LogP contribution < -0.4 is 0 Å². The van der Waals surface area contributed by atoms with Crippen LogP contribution in [0.2, 0.25) is 0 Å². The van der Waals surface area contributed by atoms with Crippen LogP contribution in [0.4, 0.5) is 4.79 Å². The Kier molecular flexibility index (Phi) is 8.48. The third kappa shape index (κ3) is 5.55. The first-order chi connectivity index (χ1) is 20.3. The molecule has 1 aliphatic heterocycles. The second-order valence-electron chi connectivity index (χ2n) is 11.1. The zero-order chi connectivity index (χ0) is 29.7. The fraction of sp³-hybridized carbons (Fsp3) is 0.257. The van der Waals surface area contributed by atoms with Crippen molar-refractivity contribution in [1.29, 1.82) is 0 Å². The van der Waals surface area contributed by atoms with Crippen molar-refractivity contribution in [3.05, 3.63) is 154 Å². The largest absolute Gasteiger partial charge is 0.430 e. The Labute approximate surface area is 245 Å². The third-order valence-corrected chi connectivity index (χ3v) is 8.09. The van der Waals surface area contributed by atoms with Gasteiger partial charge in [-0.15, -0.1) is 0 Å². The van der Waals surface area contributed by atoms with E-state index in [1.54, 1.807) is 12.1 Å². The van der Waals surface area contributed by atoms with Crippen LogP contribution in [0.5, 0.6) is 0 Å². The number of nitrogens with zero attached hydrogens (tertiary/aromatic N) is 2. The van der Waals surface area contributed by atoms with Crippen molar-refractivity contribution in [3.8, 4) is 0 Å². The maximum atomic E-state index is 14.8. The molecule has 0 spiro atoms. The average Bonchev–Trinajstić information content (AvgIpc) is 3.34. The Balaban J connectivity index is 1.67. The molecule has 0 saturated carbocycles. The van der Waals surface area contributed by atoms with Crippen molar-refractivity contribution in [2.45, 2.75) is 37.8 Å². The number of hydrogen-bond acceptors (Lipinski definition) is 5. The zero-order valence-electron chi connectivity index (χ0n) is 23.7. The van der Waals surface area contributed by atoms with Crippen LogP contribution in [0.25, 0.3) is 0 Å². The Hall–Kier alpha value is -4.78. The number of ether oxygens (including phenoxy) is 1. The number of hydrogen-bond donors (Lipinski definition) is 0. The second kappa shape index (κ2) is 12.4. The van der Waals surface area contributed by atoms with Crippen LogP contribution in [0.3, 0.4) is 0 Å². The van der Waals surface area contributed by atoms with Gasteiger partial charge in [0.15, 0.2) is 5.60 Å². The first-order valence-electron chi connectivity index (χ1n) is 14.2. The van der Waals surface area contributed by atoms with E-state index in [-0.39, 0.29) is 17.3 Å². The molecule has 0 N–H and O–H groups in total. The summed E-state index contributed by atoms with van der Waals surface area (Å²) in [5.74, 6) is -2.34. The van der Waals surface area contributed by atoms with E-state index < -0.39 is 42.0 Å². The molecule has 4 aromatic carbocycles. The summed E-state index contributed by atoms with van der Waals surface area (Å²) in [5, 5.41) is 12.0. The van der Waals surface area contributed by atoms with E-state index in [0.29, 0.717) is 5.56 Å². The number of amides is 2. The molecule has 0 radical (unpaired) electrons. The van der Waals surface area contributed by atoms with E-state index in [1.807, 2.05) is 123 Å². The van der Waals surface area contributed by atoms with E-state index >= 15 is 0 Å². The van der Waals surface area contributed by atoms with Gasteiger partial charge >= 0.3 is 6.09 Å². The molecule has 42 heavy (non-hydrogen) atoms. The van der Waals surface area contributed by atoms with Gasteiger partial charge in [0, 0.05) is 16.1 Å². The Morgan fingerprint density at radius 2 is 1.31 bits per heavy atom. The van der Waals surface area contributed by atoms with Crippen molar-refractivity contribution >= 4 is 12.0 Å². The zero-order valence-corrected chi connectivity index (χ0v) is 23.7. The van der Waals surface area contributed by atoms with Gasteiger partial charge in [0.1, 0.15) is 0 Å². The summed E-state index contributed by atoms with van der Waals surface area (Å²) in [6, 6.07) is 36.7. The summed E-state index contributed by atoms with van der Waals surface area (Å²) in [7, 11) is 0. The van der Waals surface area contributed by atoms with Gasteiger partial charge in [-0.3, -0.25) is 14.9 Å². The summed E-state index contributed by atoms with van der Waals surface area (Å²) < 4.78 is 6.33. The summed E-state index contributed by atoms with van der Waals surface area (Å²) in [5.41, 5.74) is 1.78. The molecule has 0 aromatic heterocycles. The number of carbonyl (C=O) groups excluding carboxylic acids is 2. The summed E-state index contributed by atoms with van der Waals surface area (Å²) in [6.45, 7) is 3.47. The molecule has 0 bridgehead atoms. The minimum Gasteiger partial charge on any atom is -0.430 e. The molecular weight excluding hydrogens is 528 g/mol. The minimum absolute atomic E-state index is 0.205. The first-order valence-corrected chi connectivity index (χ1v) is 14.2. The van der Waals surface area contributed by atoms with Gasteiger partial charge in [0.25, 0.3) is 0 Å². The molecule has 5 rings (SSSR count). The number of carbonyl (C=O) groups is 2. The maximum absolute atomic E-state index is 14.8. The van der Waals surface area contributed by atoms with Crippen molar-refractivity contribution in [2.75, 3.05) is 6.54 Å². The second-order valence-corrected chi connectivity index (χ2v) is 11.1. The number of imide groups is 1. The average molecular weight is 563 g/mol. The highest BCUT2D eigenvalue weighted by Crippen LogP contribution is 2.48. The van der Waals surface area contributed by atoms with Crippen molar-refractivity contribution in [2.24, 2.45) is 11.8 Å². The van der Waals surface area contributed by atoms with Gasteiger partial charge in [-0.05, 0) is 23.5 Å². The molecule has 3 atom stereocenters. The monoisotopic (exact) mass is 562 g/mol. The summed E-state index contributed by atoms with van der Waals surface area (Å²) >= 11 is 0. The van der Waals surface area contributed by atoms with E-state index in [4.69, 9.17) is 4.74 Å². The molecule has 7 nitrogen and oxygen atoms in total. The van der Waals surface area contributed by atoms with E-state index in [9.17, 15) is 19.7 Å². The molecule has 2 amide bonds. The molecule has 1 saturated heterocycles. The number of nitro groups is 1. The first kappa shape index (κ1) is 28.7.